The maximum atomic E-state index is 13.5. The number of ether oxygens (including phenoxy) is 1. The molecule has 34 heavy (non-hydrogen) atoms. The van der Waals surface area contributed by atoms with Gasteiger partial charge in [-0.25, -0.2) is 18.9 Å². The highest BCUT2D eigenvalue weighted by atomic mass is 19.1. The minimum atomic E-state index is -0.308. The van der Waals surface area contributed by atoms with Crippen molar-refractivity contribution in [3.63, 3.8) is 0 Å². The zero-order chi connectivity index (χ0) is 23.1. The topological polar surface area (TPSA) is 99.2 Å². The van der Waals surface area contributed by atoms with Crippen LogP contribution in [0.2, 0.25) is 0 Å². The summed E-state index contributed by atoms with van der Waals surface area (Å²) in [6.07, 6.45) is 4.77. The van der Waals surface area contributed by atoms with Gasteiger partial charge in [-0.1, -0.05) is 0 Å². The Kier molecular flexibility index (Phi) is 4.84. The van der Waals surface area contributed by atoms with Gasteiger partial charge < -0.3 is 14.6 Å². The normalized spacial score (nSPS) is 13.1. The Morgan fingerprint density at radius 3 is 2.68 bits per heavy atom. The monoisotopic (exact) mass is 455 g/mol. The van der Waals surface area contributed by atoms with E-state index in [1.807, 2.05) is 12.1 Å². The molecule has 0 bridgehead atoms. The number of aromatic nitrogens is 6. The molecular formula is C24H18FN7O2. The summed E-state index contributed by atoms with van der Waals surface area (Å²) in [6.45, 7) is 1.60. The van der Waals surface area contributed by atoms with E-state index < -0.39 is 0 Å². The number of nitrogens with one attached hydrogen (secondary N) is 1. The van der Waals surface area contributed by atoms with Gasteiger partial charge in [0, 0.05) is 30.1 Å². The lowest BCUT2D eigenvalue weighted by Gasteiger charge is -2.17. The predicted octanol–water partition coefficient (Wildman–Crippen LogP) is 3.58. The third kappa shape index (κ3) is 3.59. The van der Waals surface area contributed by atoms with E-state index in [1.165, 1.54) is 12.1 Å². The van der Waals surface area contributed by atoms with Crippen LogP contribution in [0.25, 0.3) is 28.3 Å². The number of carbonyl (C=O) groups is 1. The van der Waals surface area contributed by atoms with E-state index in [1.54, 1.807) is 47.4 Å². The van der Waals surface area contributed by atoms with Crippen molar-refractivity contribution >= 4 is 17.4 Å². The molecule has 1 aliphatic heterocycles. The van der Waals surface area contributed by atoms with Crippen molar-refractivity contribution < 1.29 is 13.9 Å². The highest BCUT2D eigenvalue weighted by Gasteiger charge is 2.24. The number of pyridine rings is 1. The Bertz CT molecular complexity index is 1510. The fraction of sp³-hybridized carbons (Fsp3) is 0.125. The lowest BCUT2D eigenvalue weighted by atomic mass is 10.1. The Morgan fingerprint density at radius 1 is 1.03 bits per heavy atom. The molecule has 5 aromatic rings. The van der Waals surface area contributed by atoms with Crippen LogP contribution < -0.4 is 5.32 Å². The van der Waals surface area contributed by atoms with Crippen LogP contribution in [0.5, 0.6) is 0 Å². The van der Waals surface area contributed by atoms with Crippen molar-refractivity contribution in [1.29, 1.82) is 0 Å². The smallest absolute Gasteiger partial charge is 0.256 e. The van der Waals surface area contributed by atoms with Crippen LogP contribution in [-0.4, -0.2) is 41.6 Å². The molecule has 0 atom stereocenters. The number of hydrogen-bond acceptors (Lipinski definition) is 6. The summed E-state index contributed by atoms with van der Waals surface area (Å²) in [7, 11) is 0. The SMILES string of the molecule is O=C(Nc1cn2nc(-c3c(-c4ccc(F)cc4)nc4n3CCOC4)ccc2n1)c1ccncc1. The van der Waals surface area contributed by atoms with Crippen LogP contribution in [0, 0.1) is 5.82 Å². The first-order valence-electron chi connectivity index (χ1n) is 10.7. The highest BCUT2D eigenvalue weighted by Crippen LogP contribution is 2.33. The first-order chi connectivity index (χ1) is 16.7. The van der Waals surface area contributed by atoms with Gasteiger partial charge in [-0.05, 0) is 48.5 Å². The van der Waals surface area contributed by atoms with Crippen molar-refractivity contribution in [2.24, 2.45) is 0 Å². The number of rotatable bonds is 4. The van der Waals surface area contributed by atoms with Crippen LogP contribution in [-0.2, 0) is 17.9 Å². The van der Waals surface area contributed by atoms with Gasteiger partial charge >= 0.3 is 0 Å². The third-order valence-corrected chi connectivity index (χ3v) is 5.60. The summed E-state index contributed by atoms with van der Waals surface area (Å²) in [4.78, 5) is 25.6. The molecule has 10 heteroatoms. The summed E-state index contributed by atoms with van der Waals surface area (Å²) < 4.78 is 22.8. The van der Waals surface area contributed by atoms with Gasteiger partial charge in [0.15, 0.2) is 11.5 Å². The van der Waals surface area contributed by atoms with Crippen LogP contribution in [0.1, 0.15) is 16.2 Å². The molecule has 6 rings (SSSR count). The number of carbonyl (C=O) groups excluding carboxylic acids is 1. The number of anilines is 1. The minimum absolute atomic E-state index is 0.283. The van der Waals surface area contributed by atoms with Crippen molar-refractivity contribution in [1.82, 2.24) is 29.1 Å². The number of halogens is 1. The lowest BCUT2D eigenvalue weighted by molar-refractivity contribution is 0.0821. The third-order valence-electron chi connectivity index (χ3n) is 5.60. The van der Waals surface area contributed by atoms with Crippen LogP contribution in [0.3, 0.4) is 0 Å². The van der Waals surface area contributed by atoms with E-state index in [2.05, 4.69) is 19.9 Å². The van der Waals surface area contributed by atoms with Gasteiger partial charge in [-0.2, -0.15) is 5.10 Å². The Balaban J connectivity index is 1.40. The van der Waals surface area contributed by atoms with E-state index in [4.69, 9.17) is 14.8 Å². The largest absolute Gasteiger partial charge is 0.372 e. The molecule has 5 heterocycles. The Hall–Kier alpha value is -4.44. The molecule has 0 saturated carbocycles. The molecule has 0 aliphatic carbocycles. The Morgan fingerprint density at radius 2 is 1.85 bits per heavy atom. The number of amides is 1. The van der Waals surface area contributed by atoms with E-state index in [-0.39, 0.29) is 11.7 Å². The van der Waals surface area contributed by atoms with E-state index >= 15 is 0 Å². The fourth-order valence-electron chi connectivity index (χ4n) is 4.00. The average molecular weight is 455 g/mol. The standard InChI is InChI=1S/C24H18FN7O2/c25-17-3-1-15(2-4-17)22-23(31-11-12-34-14-21(31)29-22)18-5-6-20-27-19(13-32(20)30-18)28-24(33)16-7-9-26-10-8-16/h1-10,13H,11-12,14H2,(H,28,33). The molecule has 0 saturated heterocycles. The fourth-order valence-corrected chi connectivity index (χ4v) is 4.00. The van der Waals surface area contributed by atoms with Crippen molar-refractivity contribution in [2.75, 3.05) is 11.9 Å². The maximum Gasteiger partial charge on any atom is 0.256 e. The van der Waals surface area contributed by atoms with Crippen molar-refractivity contribution in [3.8, 4) is 22.6 Å². The molecule has 1 N–H and O–H groups in total. The second-order valence-corrected chi connectivity index (χ2v) is 7.77. The van der Waals surface area contributed by atoms with Crippen LogP contribution in [0.15, 0.2) is 67.1 Å². The van der Waals surface area contributed by atoms with Crippen molar-refractivity contribution in [3.05, 3.63) is 84.3 Å². The number of hydrogen-bond donors (Lipinski definition) is 1. The lowest BCUT2D eigenvalue weighted by Crippen LogP contribution is -2.17. The summed E-state index contributed by atoms with van der Waals surface area (Å²) in [5, 5.41) is 7.53. The maximum absolute atomic E-state index is 13.5. The van der Waals surface area contributed by atoms with Crippen LogP contribution >= 0.6 is 0 Å². The predicted molar refractivity (Wildman–Crippen MR) is 121 cm³/mol. The van der Waals surface area contributed by atoms with Gasteiger partial charge in [0.25, 0.3) is 5.91 Å². The second kappa shape index (κ2) is 8.16. The molecule has 168 valence electrons. The number of fused-ring (bicyclic) bond motifs is 2. The zero-order valence-electron chi connectivity index (χ0n) is 17.8. The highest BCUT2D eigenvalue weighted by molar-refractivity contribution is 6.03. The number of nitrogens with zero attached hydrogens (tertiary/aromatic N) is 6. The van der Waals surface area contributed by atoms with Crippen molar-refractivity contribution in [2.45, 2.75) is 13.2 Å². The molecule has 1 amide bonds. The zero-order valence-corrected chi connectivity index (χ0v) is 17.8. The van der Waals surface area contributed by atoms with Gasteiger partial charge in [0.2, 0.25) is 0 Å². The van der Waals surface area contributed by atoms with Gasteiger partial charge in [-0.15, -0.1) is 0 Å². The molecule has 1 aromatic carbocycles. The van der Waals surface area contributed by atoms with Gasteiger partial charge in [-0.3, -0.25) is 9.78 Å². The molecule has 0 fully saturated rings. The Labute approximate surface area is 192 Å². The van der Waals surface area contributed by atoms with Crippen LogP contribution in [0.4, 0.5) is 10.2 Å². The first kappa shape index (κ1) is 20.2. The molecule has 0 unspecified atom stereocenters. The van der Waals surface area contributed by atoms with E-state index in [0.717, 1.165) is 17.1 Å². The first-order valence-corrected chi connectivity index (χ1v) is 10.7. The van der Waals surface area contributed by atoms with Gasteiger partial charge in [0.1, 0.15) is 23.9 Å². The molecule has 9 nitrogen and oxygen atoms in total. The summed E-state index contributed by atoms with van der Waals surface area (Å²) in [5.74, 6) is 0.582. The molecule has 4 aromatic heterocycles. The molecule has 0 radical (unpaired) electrons. The number of benzene rings is 1. The summed E-state index contributed by atoms with van der Waals surface area (Å²) >= 11 is 0. The molecule has 0 spiro atoms. The van der Waals surface area contributed by atoms with Gasteiger partial charge in [0.05, 0.1) is 24.2 Å². The summed E-state index contributed by atoms with van der Waals surface area (Å²) in [5.41, 5.74) is 4.06. The summed E-state index contributed by atoms with van der Waals surface area (Å²) in [6, 6.07) is 13.2. The van der Waals surface area contributed by atoms with E-state index in [9.17, 15) is 9.18 Å². The quantitative estimate of drug-likeness (QED) is 0.445. The molecule has 1 aliphatic rings. The second-order valence-electron chi connectivity index (χ2n) is 7.77. The molecular weight excluding hydrogens is 437 g/mol. The minimum Gasteiger partial charge on any atom is -0.372 e. The number of imidazole rings is 2. The average Bonchev–Trinajstić information content (AvgIpc) is 3.45. The van der Waals surface area contributed by atoms with E-state index in [0.29, 0.717) is 48.2 Å².